The van der Waals surface area contributed by atoms with E-state index in [2.05, 4.69) is 39.8 Å². The number of likely N-dealkylation sites (tertiary alicyclic amines) is 1. The van der Waals surface area contributed by atoms with E-state index >= 15 is 0 Å². The van der Waals surface area contributed by atoms with Gasteiger partial charge in [-0.1, -0.05) is 30.3 Å². The zero-order chi connectivity index (χ0) is 14.7. The molecule has 1 aromatic carbocycles. The Labute approximate surface area is 124 Å². The lowest BCUT2D eigenvalue weighted by atomic mass is 10.0. The summed E-state index contributed by atoms with van der Waals surface area (Å²) in [6, 6.07) is 10.5. The summed E-state index contributed by atoms with van der Waals surface area (Å²) in [4.78, 5) is 25.3. The van der Waals surface area contributed by atoms with Crippen molar-refractivity contribution in [2.75, 3.05) is 13.1 Å². The maximum Gasteiger partial charge on any atom is 0.243 e. The molecule has 5 nitrogen and oxygen atoms in total. The fourth-order valence-corrected chi connectivity index (χ4v) is 3.09. The summed E-state index contributed by atoms with van der Waals surface area (Å²) >= 11 is 0. The minimum absolute atomic E-state index is 0.157. The number of carbonyl (C=O) groups excluding carboxylic acids is 2. The van der Waals surface area contributed by atoms with Gasteiger partial charge in [-0.2, -0.15) is 0 Å². The van der Waals surface area contributed by atoms with Gasteiger partial charge in [-0.05, 0) is 18.4 Å². The van der Waals surface area contributed by atoms with Crippen molar-refractivity contribution in [1.29, 1.82) is 0 Å². The van der Waals surface area contributed by atoms with Gasteiger partial charge in [0.2, 0.25) is 11.8 Å². The highest BCUT2D eigenvalue weighted by molar-refractivity contribution is 6.00. The van der Waals surface area contributed by atoms with Crippen LogP contribution < -0.4 is 10.6 Å². The van der Waals surface area contributed by atoms with E-state index in [9.17, 15) is 9.59 Å². The molecule has 2 N–H and O–H groups in total. The van der Waals surface area contributed by atoms with Crippen LogP contribution in [0.25, 0.3) is 0 Å². The fourth-order valence-electron chi connectivity index (χ4n) is 3.09. The number of hydrogen-bond donors (Lipinski definition) is 2. The summed E-state index contributed by atoms with van der Waals surface area (Å²) in [5.74, 6) is -0.331. The van der Waals surface area contributed by atoms with Crippen LogP contribution in [0.3, 0.4) is 0 Å². The average Bonchev–Trinajstić information content (AvgIpc) is 2.90. The van der Waals surface area contributed by atoms with Crippen molar-refractivity contribution in [1.82, 2.24) is 15.5 Å². The number of hydrogen-bond acceptors (Lipinski definition) is 4. The van der Waals surface area contributed by atoms with E-state index in [1.54, 1.807) is 0 Å². The zero-order valence-corrected chi connectivity index (χ0v) is 12.0. The molecule has 2 fully saturated rings. The molecular formula is C16H21N3O2. The monoisotopic (exact) mass is 287 g/mol. The molecule has 112 valence electrons. The maximum atomic E-state index is 11.8. The second-order valence-corrected chi connectivity index (χ2v) is 5.88. The van der Waals surface area contributed by atoms with E-state index in [4.69, 9.17) is 0 Å². The molecule has 2 saturated heterocycles. The van der Waals surface area contributed by atoms with E-state index in [1.165, 1.54) is 5.56 Å². The second kappa shape index (κ2) is 6.37. The highest BCUT2D eigenvalue weighted by Crippen LogP contribution is 2.15. The average molecular weight is 287 g/mol. The summed E-state index contributed by atoms with van der Waals surface area (Å²) in [6.07, 6.45) is 2.09. The van der Waals surface area contributed by atoms with Gasteiger partial charge in [0.1, 0.15) is 0 Å². The molecule has 2 heterocycles. The molecule has 1 aromatic rings. The lowest BCUT2D eigenvalue weighted by Crippen LogP contribution is -2.53. The third kappa shape index (κ3) is 3.68. The van der Waals surface area contributed by atoms with E-state index < -0.39 is 0 Å². The molecule has 0 spiro atoms. The van der Waals surface area contributed by atoms with E-state index in [-0.39, 0.29) is 17.9 Å². The molecule has 0 saturated carbocycles. The molecule has 2 atom stereocenters. The Hall–Kier alpha value is -1.72. The highest BCUT2D eigenvalue weighted by atomic mass is 16.2. The van der Waals surface area contributed by atoms with Crippen molar-refractivity contribution < 1.29 is 9.59 Å². The molecule has 2 aliphatic heterocycles. The SMILES string of the molecule is O=C1CCC(NC2CCN(Cc3ccccc3)C2)C(=O)N1. The van der Waals surface area contributed by atoms with Gasteiger partial charge in [0.25, 0.3) is 0 Å². The van der Waals surface area contributed by atoms with Crippen molar-refractivity contribution >= 4 is 11.8 Å². The lowest BCUT2D eigenvalue weighted by Gasteiger charge is -2.25. The van der Waals surface area contributed by atoms with Gasteiger partial charge in [0.05, 0.1) is 6.04 Å². The maximum absolute atomic E-state index is 11.8. The Kier molecular flexibility index (Phi) is 4.31. The van der Waals surface area contributed by atoms with Crippen LogP contribution in [0, 0.1) is 0 Å². The molecule has 3 rings (SSSR count). The Morgan fingerprint density at radius 3 is 2.76 bits per heavy atom. The first-order valence-corrected chi connectivity index (χ1v) is 7.57. The third-order valence-corrected chi connectivity index (χ3v) is 4.20. The largest absolute Gasteiger partial charge is 0.302 e. The second-order valence-electron chi connectivity index (χ2n) is 5.88. The van der Waals surface area contributed by atoms with Gasteiger partial charge in [0.15, 0.2) is 0 Å². The van der Waals surface area contributed by atoms with Crippen molar-refractivity contribution in [3.8, 4) is 0 Å². The lowest BCUT2D eigenvalue weighted by molar-refractivity contribution is -0.134. The minimum Gasteiger partial charge on any atom is -0.302 e. The van der Waals surface area contributed by atoms with Crippen LogP contribution in [0.4, 0.5) is 0 Å². The number of amides is 2. The van der Waals surface area contributed by atoms with E-state index in [0.29, 0.717) is 18.9 Å². The van der Waals surface area contributed by atoms with Crippen LogP contribution in [-0.4, -0.2) is 41.9 Å². The number of imide groups is 1. The molecule has 0 aromatic heterocycles. The molecule has 21 heavy (non-hydrogen) atoms. The Balaban J connectivity index is 1.48. The van der Waals surface area contributed by atoms with Gasteiger partial charge >= 0.3 is 0 Å². The Bertz CT molecular complexity index is 518. The topological polar surface area (TPSA) is 61.4 Å². The van der Waals surface area contributed by atoms with Gasteiger partial charge in [-0.15, -0.1) is 0 Å². The van der Waals surface area contributed by atoms with Crippen LogP contribution in [-0.2, 0) is 16.1 Å². The molecular weight excluding hydrogens is 266 g/mol. The number of benzene rings is 1. The molecule has 2 aliphatic rings. The zero-order valence-electron chi connectivity index (χ0n) is 12.0. The van der Waals surface area contributed by atoms with Gasteiger partial charge < -0.3 is 5.32 Å². The van der Waals surface area contributed by atoms with Crippen LogP contribution >= 0.6 is 0 Å². The smallest absolute Gasteiger partial charge is 0.243 e. The van der Waals surface area contributed by atoms with Crippen molar-refractivity contribution in [2.24, 2.45) is 0 Å². The highest BCUT2D eigenvalue weighted by Gasteiger charge is 2.31. The first-order valence-electron chi connectivity index (χ1n) is 7.57. The molecule has 0 aliphatic carbocycles. The standard InChI is InChI=1S/C16H21N3O2/c20-15-7-6-14(16(21)18-15)17-13-8-9-19(11-13)10-12-4-2-1-3-5-12/h1-5,13-14,17H,6-11H2,(H,18,20,21). The molecule has 0 radical (unpaired) electrons. The van der Waals surface area contributed by atoms with Crippen molar-refractivity contribution in [3.05, 3.63) is 35.9 Å². The summed E-state index contributed by atoms with van der Waals surface area (Å²) in [7, 11) is 0. The molecule has 2 unspecified atom stereocenters. The molecule has 2 amide bonds. The van der Waals surface area contributed by atoms with E-state index in [1.807, 2.05) is 6.07 Å². The van der Waals surface area contributed by atoms with Crippen LogP contribution in [0.5, 0.6) is 0 Å². The fraction of sp³-hybridized carbons (Fsp3) is 0.500. The number of carbonyl (C=O) groups is 2. The van der Waals surface area contributed by atoms with Crippen LogP contribution in [0.2, 0.25) is 0 Å². The van der Waals surface area contributed by atoms with Crippen LogP contribution in [0.15, 0.2) is 30.3 Å². The van der Waals surface area contributed by atoms with Gasteiger partial charge in [-0.3, -0.25) is 19.8 Å². The normalized spacial score (nSPS) is 26.9. The summed E-state index contributed by atoms with van der Waals surface area (Å²) in [6.45, 7) is 2.95. The van der Waals surface area contributed by atoms with Crippen molar-refractivity contribution in [2.45, 2.75) is 37.9 Å². The number of rotatable bonds is 4. The minimum atomic E-state index is -0.218. The summed E-state index contributed by atoms with van der Waals surface area (Å²) in [5.41, 5.74) is 1.32. The summed E-state index contributed by atoms with van der Waals surface area (Å²) < 4.78 is 0. The first-order chi connectivity index (χ1) is 10.2. The predicted molar refractivity (Wildman–Crippen MR) is 79.4 cm³/mol. The van der Waals surface area contributed by atoms with Crippen molar-refractivity contribution in [3.63, 3.8) is 0 Å². The number of nitrogens with one attached hydrogen (secondary N) is 2. The third-order valence-electron chi connectivity index (χ3n) is 4.20. The van der Waals surface area contributed by atoms with Gasteiger partial charge in [-0.25, -0.2) is 0 Å². The quantitative estimate of drug-likeness (QED) is 0.799. The van der Waals surface area contributed by atoms with Crippen LogP contribution in [0.1, 0.15) is 24.8 Å². The molecule has 5 heteroatoms. The van der Waals surface area contributed by atoms with E-state index in [0.717, 1.165) is 26.1 Å². The Morgan fingerprint density at radius 2 is 2.00 bits per heavy atom. The summed E-state index contributed by atoms with van der Waals surface area (Å²) in [5, 5.41) is 5.80. The molecule has 0 bridgehead atoms. The predicted octanol–water partition coefficient (Wildman–Crippen LogP) is 0.656. The number of nitrogens with zero attached hydrogens (tertiary/aromatic N) is 1. The Morgan fingerprint density at radius 1 is 1.19 bits per heavy atom. The van der Waals surface area contributed by atoms with Gasteiger partial charge in [0, 0.05) is 32.1 Å². The first kappa shape index (κ1) is 14.2. The number of piperidine rings is 1.